The Hall–Kier alpha value is -0.730. The summed E-state index contributed by atoms with van der Waals surface area (Å²) >= 11 is 0. The molecule has 0 spiro atoms. The molecule has 0 aromatic carbocycles. The first kappa shape index (κ1) is 10.4. The number of nitrogens with one attached hydrogen (secondary N) is 1. The standard InChI is InChI=1S/C10H20N2O/c1-8(2)10(3)6-5-7-12(10)9(13)11-4/h8H,5-7H2,1-4H3,(H,11,13). The number of nitrogens with zero attached hydrogens (tertiary/aromatic N) is 1. The molecule has 3 nitrogen and oxygen atoms in total. The third-order valence-corrected chi connectivity index (χ3v) is 3.38. The SMILES string of the molecule is CNC(=O)N1CCCC1(C)C(C)C. The second-order valence-electron chi connectivity index (χ2n) is 4.32. The van der Waals surface area contributed by atoms with Gasteiger partial charge in [-0.3, -0.25) is 0 Å². The molecule has 1 fully saturated rings. The largest absolute Gasteiger partial charge is 0.341 e. The zero-order valence-corrected chi connectivity index (χ0v) is 9.05. The maximum absolute atomic E-state index is 11.5. The number of hydrogen-bond donors (Lipinski definition) is 1. The molecular formula is C10H20N2O. The van der Waals surface area contributed by atoms with E-state index in [0.29, 0.717) is 5.92 Å². The van der Waals surface area contributed by atoms with Crippen molar-refractivity contribution in [3.05, 3.63) is 0 Å². The van der Waals surface area contributed by atoms with Gasteiger partial charge in [0.1, 0.15) is 0 Å². The Bertz CT molecular complexity index is 203. The highest BCUT2D eigenvalue weighted by Crippen LogP contribution is 2.35. The van der Waals surface area contributed by atoms with E-state index in [1.165, 1.54) is 0 Å². The van der Waals surface area contributed by atoms with E-state index in [0.717, 1.165) is 19.4 Å². The van der Waals surface area contributed by atoms with Crippen LogP contribution in [0.25, 0.3) is 0 Å². The molecule has 1 rings (SSSR count). The van der Waals surface area contributed by atoms with Crippen molar-refractivity contribution in [1.82, 2.24) is 10.2 Å². The van der Waals surface area contributed by atoms with Crippen LogP contribution in [0.15, 0.2) is 0 Å². The quantitative estimate of drug-likeness (QED) is 0.662. The predicted octanol–water partition coefficient (Wildman–Crippen LogP) is 1.84. The van der Waals surface area contributed by atoms with E-state index in [-0.39, 0.29) is 11.6 Å². The van der Waals surface area contributed by atoms with Crippen molar-refractivity contribution in [2.75, 3.05) is 13.6 Å². The Morgan fingerprint density at radius 3 is 2.62 bits per heavy atom. The van der Waals surface area contributed by atoms with Gasteiger partial charge < -0.3 is 10.2 Å². The average Bonchev–Trinajstić information content (AvgIpc) is 2.47. The lowest BCUT2D eigenvalue weighted by Gasteiger charge is -2.38. The number of amides is 2. The van der Waals surface area contributed by atoms with Gasteiger partial charge in [-0.2, -0.15) is 0 Å². The van der Waals surface area contributed by atoms with Crippen LogP contribution in [0.1, 0.15) is 33.6 Å². The lowest BCUT2D eigenvalue weighted by molar-refractivity contribution is 0.124. The van der Waals surface area contributed by atoms with Crippen LogP contribution in [0.2, 0.25) is 0 Å². The fourth-order valence-electron chi connectivity index (χ4n) is 2.05. The lowest BCUT2D eigenvalue weighted by Crippen LogP contribution is -2.51. The predicted molar refractivity (Wildman–Crippen MR) is 53.6 cm³/mol. The highest BCUT2D eigenvalue weighted by atomic mass is 16.2. The monoisotopic (exact) mass is 184 g/mol. The van der Waals surface area contributed by atoms with E-state index in [9.17, 15) is 4.79 Å². The minimum absolute atomic E-state index is 0.0556. The Morgan fingerprint density at radius 1 is 1.54 bits per heavy atom. The fraction of sp³-hybridized carbons (Fsp3) is 0.900. The molecule has 0 saturated carbocycles. The summed E-state index contributed by atoms with van der Waals surface area (Å²) in [7, 11) is 1.70. The first-order chi connectivity index (χ1) is 6.02. The van der Waals surface area contributed by atoms with Gasteiger partial charge >= 0.3 is 6.03 Å². The number of rotatable bonds is 1. The molecule has 0 radical (unpaired) electrons. The third kappa shape index (κ3) is 1.64. The van der Waals surface area contributed by atoms with Crippen molar-refractivity contribution < 1.29 is 4.79 Å². The van der Waals surface area contributed by atoms with E-state index < -0.39 is 0 Å². The van der Waals surface area contributed by atoms with Gasteiger partial charge in [-0.15, -0.1) is 0 Å². The average molecular weight is 184 g/mol. The Labute approximate surface area is 80.5 Å². The van der Waals surface area contributed by atoms with Crippen LogP contribution >= 0.6 is 0 Å². The first-order valence-electron chi connectivity index (χ1n) is 5.01. The molecule has 1 atom stereocenters. The molecule has 0 bridgehead atoms. The van der Waals surface area contributed by atoms with Crippen LogP contribution in [0.3, 0.4) is 0 Å². The molecule has 3 heteroatoms. The van der Waals surface area contributed by atoms with Gasteiger partial charge in [0.05, 0.1) is 0 Å². The summed E-state index contributed by atoms with van der Waals surface area (Å²) in [6.45, 7) is 7.44. The normalized spacial score (nSPS) is 28.2. The summed E-state index contributed by atoms with van der Waals surface area (Å²) in [5, 5.41) is 2.70. The molecule has 13 heavy (non-hydrogen) atoms. The van der Waals surface area contributed by atoms with Gasteiger partial charge in [0.15, 0.2) is 0 Å². The van der Waals surface area contributed by atoms with Gasteiger partial charge in [-0.1, -0.05) is 13.8 Å². The van der Waals surface area contributed by atoms with Crippen molar-refractivity contribution in [2.24, 2.45) is 5.92 Å². The van der Waals surface area contributed by atoms with Crippen molar-refractivity contribution in [2.45, 2.75) is 39.2 Å². The Morgan fingerprint density at radius 2 is 2.15 bits per heavy atom. The molecular weight excluding hydrogens is 164 g/mol. The number of hydrogen-bond acceptors (Lipinski definition) is 1. The van der Waals surface area contributed by atoms with Crippen LogP contribution in [0.4, 0.5) is 4.79 Å². The second kappa shape index (κ2) is 3.56. The van der Waals surface area contributed by atoms with E-state index in [1.807, 2.05) is 4.90 Å². The molecule has 2 amide bonds. The number of carbonyl (C=O) groups is 1. The number of likely N-dealkylation sites (tertiary alicyclic amines) is 1. The maximum atomic E-state index is 11.5. The van der Waals surface area contributed by atoms with Crippen molar-refractivity contribution in [3.63, 3.8) is 0 Å². The molecule has 1 N–H and O–H groups in total. The molecule has 0 aromatic heterocycles. The molecule has 0 aliphatic carbocycles. The first-order valence-corrected chi connectivity index (χ1v) is 5.01. The van der Waals surface area contributed by atoms with E-state index in [1.54, 1.807) is 7.05 Å². The molecule has 1 saturated heterocycles. The van der Waals surface area contributed by atoms with E-state index >= 15 is 0 Å². The minimum atomic E-state index is 0.0556. The van der Waals surface area contributed by atoms with Crippen molar-refractivity contribution >= 4 is 6.03 Å². The molecule has 1 aliphatic heterocycles. The second-order valence-corrected chi connectivity index (χ2v) is 4.32. The molecule has 1 heterocycles. The number of urea groups is 1. The summed E-state index contributed by atoms with van der Waals surface area (Å²) in [6, 6.07) is 0.0636. The Kier molecular flexibility index (Phi) is 2.84. The number of carbonyl (C=O) groups excluding carboxylic acids is 1. The molecule has 1 unspecified atom stereocenters. The van der Waals surface area contributed by atoms with Gasteiger partial charge in [0, 0.05) is 19.1 Å². The fourth-order valence-corrected chi connectivity index (χ4v) is 2.05. The van der Waals surface area contributed by atoms with Crippen LogP contribution in [-0.2, 0) is 0 Å². The van der Waals surface area contributed by atoms with Crippen LogP contribution in [0.5, 0.6) is 0 Å². The highest BCUT2D eigenvalue weighted by Gasteiger charge is 2.41. The van der Waals surface area contributed by atoms with Gasteiger partial charge in [-0.05, 0) is 25.7 Å². The van der Waals surface area contributed by atoms with Crippen molar-refractivity contribution in [3.8, 4) is 0 Å². The summed E-state index contributed by atoms with van der Waals surface area (Å²) in [6.07, 6.45) is 2.25. The van der Waals surface area contributed by atoms with Gasteiger partial charge in [0.25, 0.3) is 0 Å². The van der Waals surface area contributed by atoms with Gasteiger partial charge in [-0.25, -0.2) is 4.79 Å². The molecule has 0 aromatic rings. The van der Waals surface area contributed by atoms with Gasteiger partial charge in [0.2, 0.25) is 0 Å². The zero-order valence-electron chi connectivity index (χ0n) is 9.05. The maximum Gasteiger partial charge on any atom is 0.317 e. The van der Waals surface area contributed by atoms with Crippen LogP contribution < -0.4 is 5.32 Å². The summed E-state index contributed by atoms with van der Waals surface area (Å²) in [4.78, 5) is 13.5. The summed E-state index contributed by atoms with van der Waals surface area (Å²) in [5.41, 5.74) is 0.0556. The Balaban J connectivity index is 2.79. The molecule has 1 aliphatic rings. The van der Waals surface area contributed by atoms with Crippen LogP contribution in [-0.4, -0.2) is 30.1 Å². The van der Waals surface area contributed by atoms with E-state index in [4.69, 9.17) is 0 Å². The summed E-state index contributed by atoms with van der Waals surface area (Å²) in [5.74, 6) is 0.521. The topological polar surface area (TPSA) is 32.3 Å². The minimum Gasteiger partial charge on any atom is -0.341 e. The zero-order chi connectivity index (χ0) is 10.1. The third-order valence-electron chi connectivity index (χ3n) is 3.38. The molecule has 76 valence electrons. The smallest absolute Gasteiger partial charge is 0.317 e. The lowest BCUT2D eigenvalue weighted by atomic mass is 9.86. The van der Waals surface area contributed by atoms with Crippen LogP contribution in [0, 0.1) is 5.92 Å². The highest BCUT2D eigenvalue weighted by molar-refractivity contribution is 5.75. The van der Waals surface area contributed by atoms with Crippen molar-refractivity contribution in [1.29, 1.82) is 0 Å². The summed E-state index contributed by atoms with van der Waals surface area (Å²) < 4.78 is 0. The van der Waals surface area contributed by atoms with E-state index in [2.05, 4.69) is 26.1 Å².